The molecule has 0 radical (unpaired) electrons. The number of para-hydroxylation sites is 1. The van der Waals surface area contributed by atoms with Crippen molar-refractivity contribution in [3.8, 4) is 5.75 Å². The van der Waals surface area contributed by atoms with E-state index in [9.17, 15) is 4.39 Å². The smallest absolute Gasteiger partial charge is 0.127 e. The molecule has 0 saturated heterocycles. The molecule has 0 amide bonds. The van der Waals surface area contributed by atoms with Gasteiger partial charge in [-0.3, -0.25) is 11.3 Å². The SMILES string of the molecule is NNC(COc1ccccc1)Cc1c(F)cccc1Cl. The Balaban J connectivity index is 1.99. The standard InChI is InChI=1S/C15H16ClFN2O/c16-14-7-4-8-15(17)13(14)9-11(19-18)10-20-12-5-2-1-3-6-12/h1-8,11,19H,9-10,18H2. The second-order valence-electron chi connectivity index (χ2n) is 4.39. The van der Waals surface area contributed by atoms with Gasteiger partial charge in [-0.2, -0.15) is 0 Å². The summed E-state index contributed by atoms with van der Waals surface area (Å²) in [7, 11) is 0. The Bertz CT molecular complexity index is 531. The van der Waals surface area contributed by atoms with Crippen molar-refractivity contribution in [2.75, 3.05) is 6.61 Å². The molecule has 0 fully saturated rings. The van der Waals surface area contributed by atoms with Crippen molar-refractivity contribution in [3.05, 3.63) is 64.9 Å². The van der Waals surface area contributed by atoms with Gasteiger partial charge in [0.25, 0.3) is 0 Å². The minimum absolute atomic E-state index is 0.232. The molecule has 0 heterocycles. The van der Waals surface area contributed by atoms with Crippen LogP contribution >= 0.6 is 11.6 Å². The number of benzene rings is 2. The predicted molar refractivity (Wildman–Crippen MR) is 78.2 cm³/mol. The van der Waals surface area contributed by atoms with E-state index in [0.29, 0.717) is 23.6 Å². The van der Waals surface area contributed by atoms with E-state index in [-0.39, 0.29) is 11.9 Å². The van der Waals surface area contributed by atoms with Gasteiger partial charge in [0.2, 0.25) is 0 Å². The number of rotatable bonds is 6. The number of halogens is 2. The van der Waals surface area contributed by atoms with E-state index in [2.05, 4.69) is 5.43 Å². The lowest BCUT2D eigenvalue weighted by atomic mass is 10.1. The first kappa shape index (κ1) is 14.8. The highest BCUT2D eigenvalue weighted by Gasteiger charge is 2.14. The average molecular weight is 295 g/mol. The molecule has 5 heteroatoms. The van der Waals surface area contributed by atoms with Gasteiger partial charge in [0.05, 0.1) is 6.04 Å². The predicted octanol–water partition coefficient (Wildman–Crippen LogP) is 2.93. The normalized spacial score (nSPS) is 12.2. The van der Waals surface area contributed by atoms with Crippen LogP contribution in [0.15, 0.2) is 48.5 Å². The topological polar surface area (TPSA) is 47.3 Å². The Labute approximate surface area is 122 Å². The Morgan fingerprint density at radius 3 is 2.55 bits per heavy atom. The van der Waals surface area contributed by atoms with Gasteiger partial charge in [0, 0.05) is 10.6 Å². The molecule has 3 N–H and O–H groups in total. The molecule has 0 spiro atoms. The molecule has 3 nitrogen and oxygen atoms in total. The first-order valence-electron chi connectivity index (χ1n) is 6.27. The highest BCUT2D eigenvalue weighted by Crippen LogP contribution is 2.20. The van der Waals surface area contributed by atoms with Crippen LogP contribution < -0.4 is 16.0 Å². The van der Waals surface area contributed by atoms with Crippen LogP contribution in [0.2, 0.25) is 5.02 Å². The molecule has 2 aromatic carbocycles. The highest BCUT2D eigenvalue weighted by molar-refractivity contribution is 6.31. The van der Waals surface area contributed by atoms with Gasteiger partial charge < -0.3 is 4.74 Å². The quantitative estimate of drug-likeness (QED) is 0.636. The van der Waals surface area contributed by atoms with Crippen LogP contribution in [-0.4, -0.2) is 12.6 Å². The molecular formula is C15H16ClFN2O. The van der Waals surface area contributed by atoms with Crippen molar-refractivity contribution in [3.63, 3.8) is 0 Å². The van der Waals surface area contributed by atoms with Crippen molar-refractivity contribution in [2.45, 2.75) is 12.5 Å². The Morgan fingerprint density at radius 1 is 1.15 bits per heavy atom. The molecule has 0 aliphatic heterocycles. The molecule has 1 unspecified atom stereocenters. The van der Waals surface area contributed by atoms with Crippen LogP contribution in [0.5, 0.6) is 5.75 Å². The minimum atomic E-state index is -0.336. The Morgan fingerprint density at radius 2 is 1.90 bits per heavy atom. The van der Waals surface area contributed by atoms with Crippen LogP contribution in [0.4, 0.5) is 4.39 Å². The third-order valence-electron chi connectivity index (χ3n) is 2.94. The summed E-state index contributed by atoms with van der Waals surface area (Å²) in [5, 5.41) is 0.393. The summed E-state index contributed by atoms with van der Waals surface area (Å²) < 4.78 is 19.3. The average Bonchev–Trinajstić information content (AvgIpc) is 2.47. The third kappa shape index (κ3) is 3.93. The fraction of sp³-hybridized carbons (Fsp3) is 0.200. The minimum Gasteiger partial charge on any atom is -0.492 e. The fourth-order valence-corrected chi connectivity index (χ4v) is 2.09. The van der Waals surface area contributed by atoms with Crippen LogP contribution in [0.3, 0.4) is 0 Å². The van der Waals surface area contributed by atoms with E-state index in [1.165, 1.54) is 6.07 Å². The van der Waals surface area contributed by atoms with Gasteiger partial charge in [0.15, 0.2) is 0 Å². The number of hydrazine groups is 1. The van der Waals surface area contributed by atoms with Gasteiger partial charge in [-0.1, -0.05) is 35.9 Å². The summed E-state index contributed by atoms with van der Waals surface area (Å²) in [6, 6.07) is 13.8. The summed E-state index contributed by atoms with van der Waals surface area (Å²) in [6.07, 6.45) is 0.356. The van der Waals surface area contributed by atoms with Crippen molar-refractivity contribution in [2.24, 2.45) is 5.84 Å². The summed E-state index contributed by atoms with van der Waals surface area (Å²) >= 11 is 6.00. The van der Waals surface area contributed by atoms with Gasteiger partial charge in [-0.05, 0) is 30.7 Å². The molecule has 0 aliphatic carbocycles. The largest absolute Gasteiger partial charge is 0.492 e. The number of hydrogen-bond acceptors (Lipinski definition) is 3. The maximum atomic E-state index is 13.7. The highest BCUT2D eigenvalue weighted by atomic mass is 35.5. The number of ether oxygens (including phenoxy) is 1. The molecule has 1 atom stereocenters. The number of hydrogen-bond donors (Lipinski definition) is 2. The number of nitrogens with one attached hydrogen (secondary N) is 1. The zero-order chi connectivity index (χ0) is 14.4. The maximum absolute atomic E-state index is 13.7. The zero-order valence-corrected chi connectivity index (χ0v) is 11.6. The molecular weight excluding hydrogens is 279 g/mol. The fourth-order valence-electron chi connectivity index (χ4n) is 1.85. The van der Waals surface area contributed by atoms with Gasteiger partial charge in [-0.15, -0.1) is 0 Å². The zero-order valence-electron chi connectivity index (χ0n) is 10.9. The molecule has 20 heavy (non-hydrogen) atoms. The van der Waals surface area contributed by atoms with Gasteiger partial charge >= 0.3 is 0 Å². The van der Waals surface area contributed by atoms with Crippen LogP contribution in [-0.2, 0) is 6.42 Å². The monoisotopic (exact) mass is 294 g/mol. The molecule has 0 aliphatic rings. The number of nitrogens with two attached hydrogens (primary N) is 1. The van der Waals surface area contributed by atoms with E-state index in [1.54, 1.807) is 12.1 Å². The second kappa shape index (κ2) is 7.24. The molecule has 106 valence electrons. The Kier molecular flexibility index (Phi) is 5.35. The van der Waals surface area contributed by atoms with Crippen molar-refractivity contribution < 1.29 is 9.13 Å². The molecule has 0 aromatic heterocycles. The summed E-state index contributed by atoms with van der Waals surface area (Å²) in [4.78, 5) is 0. The summed E-state index contributed by atoms with van der Waals surface area (Å²) in [5.41, 5.74) is 3.06. The van der Waals surface area contributed by atoms with E-state index in [4.69, 9.17) is 22.2 Å². The lowest BCUT2D eigenvalue weighted by Crippen LogP contribution is -2.41. The maximum Gasteiger partial charge on any atom is 0.127 e. The van der Waals surface area contributed by atoms with E-state index < -0.39 is 0 Å². The Hall–Kier alpha value is -1.62. The molecule has 0 saturated carbocycles. The molecule has 0 bridgehead atoms. The summed E-state index contributed by atoms with van der Waals surface area (Å²) in [5.74, 6) is 5.90. The van der Waals surface area contributed by atoms with Crippen LogP contribution in [0.1, 0.15) is 5.56 Å². The van der Waals surface area contributed by atoms with Crippen LogP contribution in [0.25, 0.3) is 0 Å². The van der Waals surface area contributed by atoms with Crippen molar-refractivity contribution in [1.29, 1.82) is 0 Å². The second-order valence-corrected chi connectivity index (χ2v) is 4.80. The van der Waals surface area contributed by atoms with Gasteiger partial charge in [0.1, 0.15) is 18.2 Å². The van der Waals surface area contributed by atoms with Crippen molar-refractivity contribution in [1.82, 2.24) is 5.43 Å². The van der Waals surface area contributed by atoms with Crippen molar-refractivity contribution >= 4 is 11.6 Å². The molecule has 2 rings (SSSR count). The first-order valence-corrected chi connectivity index (χ1v) is 6.65. The van der Waals surface area contributed by atoms with Gasteiger partial charge in [-0.25, -0.2) is 4.39 Å². The van der Waals surface area contributed by atoms with E-state index in [1.807, 2.05) is 30.3 Å². The van der Waals surface area contributed by atoms with Crippen LogP contribution in [0, 0.1) is 5.82 Å². The summed E-state index contributed by atoms with van der Waals surface area (Å²) in [6.45, 7) is 0.325. The molecule has 2 aromatic rings. The third-order valence-corrected chi connectivity index (χ3v) is 3.30. The van der Waals surface area contributed by atoms with E-state index >= 15 is 0 Å². The first-order chi connectivity index (χ1) is 9.70. The lowest BCUT2D eigenvalue weighted by molar-refractivity contribution is 0.263. The lowest BCUT2D eigenvalue weighted by Gasteiger charge is -2.18. The van der Waals surface area contributed by atoms with E-state index in [0.717, 1.165) is 5.75 Å².